The second-order valence-electron chi connectivity index (χ2n) is 4.62. The van der Waals surface area contributed by atoms with Crippen LogP contribution in [0.25, 0.3) is 0 Å². The summed E-state index contributed by atoms with van der Waals surface area (Å²) in [4.78, 5) is 6.35. The van der Waals surface area contributed by atoms with E-state index < -0.39 is 0 Å². The molecule has 0 spiro atoms. The normalized spacial score (nSPS) is 18.2. The lowest BCUT2D eigenvalue weighted by Gasteiger charge is -2.26. The highest BCUT2D eigenvalue weighted by Gasteiger charge is 2.29. The van der Waals surface area contributed by atoms with Crippen LogP contribution in [0.2, 0.25) is 10.0 Å². The minimum absolute atomic E-state index is 0.0219. The molecule has 0 saturated carbocycles. The number of halogens is 2. The van der Waals surface area contributed by atoms with E-state index >= 15 is 0 Å². The van der Waals surface area contributed by atoms with Gasteiger partial charge in [-0.05, 0) is 35.9 Å². The van der Waals surface area contributed by atoms with Gasteiger partial charge in [0.05, 0.1) is 12.6 Å². The summed E-state index contributed by atoms with van der Waals surface area (Å²) in [6.07, 6.45) is 0. The third kappa shape index (κ3) is 2.47. The van der Waals surface area contributed by atoms with E-state index in [0.717, 1.165) is 11.3 Å². The molecule has 3 rings (SSSR count). The van der Waals surface area contributed by atoms with Gasteiger partial charge in [-0.3, -0.25) is 4.99 Å². The van der Waals surface area contributed by atoms with E-state index in [-0.39, 0.29) is 6.04 Å². The summed E-state index contributed by atoms with van der Waals surface area (Å²) in [5, 5.41) is 1.23. The first-order valence-electron chi connectivity index (χ1n) is 6.25. The van der Waals surface area contributed by atoms with Gasteiger partial charge in [0.15, 0.2) is 5.96 Å². The van der Waals surface area contributed by atoms with Crippen molar-refractivity contribution in [3.63, 3.8) is 0 Å². The molecule has 0 radical (unpaired) electrons. The van der Waals surface area contributed by atoms with Gasteiger partial charge in [-0.2, -0.15) is 0 Å². The van der Waals surface area contributed by atoms with Crippen molar-refractivity contribution in [2.45, 2.75) is 6.04 Å². The summed E-state index contributed by atoms with van der Waals surface area (Å²) >= 11 is 12.2. The minimum atomic E-state index is 0.0219. The molecule has 0 aliphatic carbocycles. The molecule has 0 saturated heterocycles. The summed E-state index contributed by atoms with van der Waals surface area (Å²) in [5.74, 6) is 0.511. The van der Waals surface area contributed by atoms with Gasteiger partial charge in [0.25, 0.3) is 0 Å². The van der Waals surface area contributed by atoms with Crippen LogP contribution in [0.3, 0.4) is 0 Å². The molecule has 1 aliphatic heterocycles. The highest BCUT2D eigenvalue weighted by molar-refractivity contribution is 6.34. The Morgan fingerprint density at radius 2 is 1.70 bits per heavy atom. The standard InChI is InChI=1S/C15H13Cl2N3/c16-11-6-10(7-12(17)8-11)14-9-19-15(18)20(14)13-4-2-1-3-5-13/h1-8,14H,9H2,(H2,18,19). The first-order chi connectivity index (χ1) is 9.65. The topological polar surface area (TPSA) is 41.6 Å². The largest absolute Gasteiger partial charge is 0.369 e. The molecule has 20 heavy (non-hydrogen) atoms. The maximum atomic E-state index is 6.09. The molecule has 1 aliphatic rings. The van der Waals surface area contributed by atoms with Gasteiger partial charge in [0.2, 0.25) is 0 Å². The first kappa shape index (κ1) is 13.3. The second kappa shape index (κ2) is 5.35. The molecule has 1 unspecified atom stereocenters. The van der Waals surface area contributed by atoms with Crippen LogP contribution in [-0.2, 0) is 0 Å². The molecule has 2 aromatic carbocycles. The monoisotopic (exact) mass is 305 g/mol. The number of anilines is 1. The zero-order chi connectivity index (χ0) is 14.1. The Morgan fingerprint density at radius 3 is 2.35 bits per heavy atom. The summed E-state index contributed by atoms with van der Waals surface area (Å²) < 4.78 is 0. The number of para-hydroxylation sites is 1. The van der Waals surface area contributed by atoms with Crippen molar-refractivity contribution in [2.75, 3.05) is 11.4 Å². The highest BCUT2D eigenvalue weighted by Crippen LogP contribution is 2.33. The number of benzene rings is 2. The average Bonchev–Trinajstić information content (AvgIpc) is 2.80. The summed E-state index contributed by atoms with van der Waals surface area (Å²) in [5.41, 5.74) is 8.04. The van der Waals surface area contributed by atoms with Gasteiger partial charge < -0.3 is 10.6 Å². The van der Waals surface area contributed by atoms with Crippen LogP contribution >= 0.6 is 23.2 Å². The zero-order valence-electron chi connectivity index (χ0n) is 10.6. The van der Waals surface area contributed by atoms with Crippen LogP contribution in [-0.4, -0.2) is 12.5 Å². The van der Waals surface area contributed by atoms with E-state index in [9.17, 15) is 0 Å². The highest BCUT2D eigenvalue weighted by atomic mass is 35.5. The first-order valence-corrected chi connectivity index (χ1v) is 7.01. The van der Waals surface area contributed by atoms with Crippen molar-refractivity contribution in [1.29, 1.82) is 0 Å². The Labute approximate surface area is 127 Å². The fourth-order valence-electron chi connectivity index (χ4n) is 2.42. The van der Waals surface area contributed by atoms with Crippen LogP contribution in [0.15, 0.2) is 53.5 Å². The summed E-state index contributed by atoms with van der Waals surface area (Å²) in [6, 6.07) is 15.5. The van der Waals surface area contributed by atoms with Crippen LogP contribution in [0, 0.1) is 0 Å². The van der Waals surface area contributed by atoms with E-state index in [4.69, 9.17) is 28.9 Å². The summed E-state index contributed by atoms with van der Waals surface area (Å²) in [7, 11) is 0. The van der Waals surface area contributed by atoms with Gasteiger partial charge in [-0.1, -0.05) is 41.4 Å². The summed E-state index contributed by atoms with van der Waals surface area (Å²) in [6.45, 7) is 0.595. The predicted octanol–water partition coefficient (Wildman–Crippen LogP) is 3.87. The van der Waals surface area contributed by atoms with Gasteiger partial charge in [-0.25, -0.2) is 0 Å². The van der Waals surface area contributed by atoms with E-state index in [0.29, 0.717) is 22.5 Å². The lowest BCUT2D eigenvalue weighted by atomic mass is 10.1. The zero-order valence-corrected chi connectivity index (χ0v) is 12.1. The van der Waals surface area contributed by atoms with E-state index in [2.05, 4.69) is 4.99 Å². The third-order valence-electron chi connectivity index (χ3n) is 3.29. The van der Waals surface area contributed by atoms with Crippen molar-refractivity contribution in [2.24, 2.45) is 10.7 Å². The molecular weight excluding hydrogens is 293 g/mol. The Kier molecular flexibility index (Phi) is 3.55. The molecule has 1 atom stereocenters. The lowest BCUT2D eigenvalue weighted by molar-refractivity contribution is 0.769. The van der Waals surface area contributed by atoms with E-state index in [1.807, 2.05) is 47.4 Å². The number of rotatable bonds is 2. The van der Waals surface area contributed by atoms with Crippen LogP contribution < -0.4 is 10.6 Å². The Hall–Kier alpha value is -1.71. The van der Waals surface area contributed by atoms with Gasteiger partial charge in [-0.15, -0.1) is 0 Å². The molecule has 0 aromatic heterocycles. The molecule has 0 fully saturated rings. The predicted molar refractivity (Wildman–Crippen MR) is 84.6 cm³/mol. The Balaban J connectivity index is 2.01. The van der Waals surface area contributed by atoms with Crippen LogP contribution in [0.1, 0.15) is 11.6 Å². The number of guanidine groups is 1. The smallest absolute Gasteiger partial charge is 0.196 e. The molecule has 1 heterocycles. The maximum Gasteiger partial charge on any atom is 0.196 e. The van der Waals surface area contributed by atoms with E-state index in [1.165, 1.54) is 0 Å². The quantitative estimate of drug-likeness (QED) is 0.915. The Morgan fingerprint density at radius 1 is 1.05 bits per heavy atom. The molecule has 2 N–H and O–H groups in total. The van der Waals surface area contributed by atoms with Crippen LogP contribution in [0.4, 0.5) is 5.69 Å². The van der Waals surface area contributed by atoms with E-state index in [1.54, 1.807) is 6.07 Å². The number of hydrogen-bond acceptors (Lipinski definition) is 3. The van der Waals surface area contributed by atoms with Crippen molar-refractivity contribution < 1.29 is 0 Å². The molecule has 0 bridgehead atoms. The number of aliphatic imine (C=N–C) groups is 1. The maximum absolute atomic E-state index is 6.09. The van der Waals surface area contributed by atoms with Crippen LogP contribution in [0.5, 0.6) is 0 Å². The Bertz CT molecular complexity index is 635. The SMILES string of the molecule is NC1=NCC(c2cc(Cl)cc(Cl)c2)N1c1ccccc1. The molecule has 0 amide bonds. The second-order valence-corrected chi connectivity index (χ2v) is 5.50. The fraction of sp³-hybridized carbons (Fsp3) is 0.133. The average molecular weight is 306 g/mol. The van der Waals surface area contributed by atoms with Crippen molar-refractivity contribution in [3.8, 4) is 0 Å². The van der Waals surface area contributed by atoms with Crippen molar-refractivity contribution >= 4 is 34.8 Å². The lowest BCUT2D eigenvalue weighted by Crippen LogP contribution is -2.36. The van der Waals surface area contributed by atoms with Gasteiger partial charge >= 0.3 is 0 Å². The number of nitrogens with two attached hydrogens (primary N) is 1. The van der Waals surface area contributed by atoms with Gasteiger partial charge in [0.1, 0.15) is 0 Å². The number of nitrogens with zero attached hydrogens (tertiary/aromatic N) is 2. The third-order valence-corrected chi connectivity index (χ3v) is 3.73. The van der Waals surface area contributed by atoms with Crippen molar-refractivity contribution in [1.82, 2.24) is 0 Å². The molecule has 2 aromatic rings. The molecular formula is C15H13Cl2N3. The molecule has 5 heteroatoms. The molecule has 3 nitrogen and oxygen atoms in total. The van der Waals surface area contributed by atoms with Gasteiger partial charge in [0, 0.05) is 15.7 Å². The fourth-order valence-corrected chi connectivity index (χ4v) is 2.96. The number of hydrogen-bond donors (Lipinski definition) is 1. The minimum Gasteiger partial charge on any atom is -0.369 e. The van der Waals surface area contributed by atoms with Crippen molar-refractivity contribution in [3.05, 3.63) is 64.1 Å². The molecule has 102 valence electrons.